The Morgan fingerprint density at radius 3 is 1.38 bits per heavy atom. The fraction of sp³-hybridized carbons (Fsp3) is 0.188. The molecule has 182 valence electrons. The number of nitriles is 2. The Balaban J connectivity index is 1.61. The van der Waals surface area contributed by atoms with Crippen LogP contribution in [0.1, 0.15) is 48.9 Å². The van der Waals surface area contributed by atoms with Crippen LogP contribution >= 0.6 is 0 Å². The van der Waals surface area contributed by atoms with E-state index >= 15 is 0 Å². The fourth-order valence-corrected chi connectivity index (χ4v) is 4.86. The summed E-state index contributed by atoms with van der Waals surface area (Å²) in [6, 6.07) is 38.7. The molecule has 0 aromatic heterocycles. The molecule has 0 unspecified atom stereocenters. The van der Waals surface area contributed by atoms with Crippen molar-refractivity contribution in [3.63, 3.8) is 0 Å². The highest BCUT2D eigenvalue weighted by Crippen LogP contribution is 2.37. The third-order valence-corrected chi connectivity index (χ3v) is 7.12. The lowest BCUT2D eigenvalue weighted by Crippen LogP contribution is -2.24. The van der Waals surface area contributed by atoms with Crippen LogP contribution in [0.15, 0.2) is 114 Å². The SMILES string of the molecule is CC[C@@](C#N)(c1ccccc1)c1ccc(N=[N+]([O-])c2ccc([C@](C#N)(CC)c3ccccc3)cc2)cc1. The van der Waals surface area contributed by atoms with Gasteiger partial charge >= 0.3 is 0 Å². The topological polar surface area (TPSA) is 86.0 Å². The maximum absolute atomic E-state index is 12.8. The van der Waals surface area contributed by atoms with Crippen molar-refractivity contribution >= 4 is 11.4 Å². The molecule has 5 nitrogen and oxygen atoms in total. The van der Waals surface area contributed by atoms with Crippen molar-refractivity contribution in [2.45, 2.75) is 37.5 Å². The first kappa shape index (κ1) is 25.4. The third-order valence-electron chi connectivity index (χ3n) is 7.12. The van der Waals surface area contributed by atoms with Gasteiger partial charge in [0.15, 0.2) is 0 Å². The molecule has 4 aromatic rings. The summed E-state index contributed by atoms with van der Waals surface area (Å²) in [5, 5.41) is 37.2. The Morgan fingerprint density at radius 2 is 1.00 bits per heavy atom. The standard InChI is InChI=1S/C32H28N4O/c1-3-31(23-33,25-11-7-5-8-12-25)27-15-19-29(20-16-27)35-36(37)30-21-17-28(18-22-30)32(4-2,24-34)26-13-9-6-10-14-26/h5-22H,3-4H2,1-2H3/t31-,32+/m1/s1. The van der Waals surface area contributed by atoms with Crippen molar-refractivity contribution in [3.8, 4) is 12.1 Å². The molecule has 2 atom stereocenters. The highest BCUT2D eigenvalue weighted by atomic mass is 16.5. The molecule has 4 aromatic carbocycles. The van der Waals surface area contributed by atoms with Crippen LogP contribution in [-0.4, -0.2) is 4.86 Å². The minimum atomic E-state index is -0.786. The van der Waals surface area contributed by atoms with Crippen LogP contribution in [-0.2, 0) is 10.8 Å². The first-order valence-corrected chi connectivity index (χ1v) is 12.4. The second-order valence-electron chi connectivity index (χ2n) is 8.94. The second kappa shape index (κ2) is 10.9. The lowest BCUT2D eigenvalue weighted by molar-refractivity contribution is -0.435. The predicted molar refractivity (Wildman–Crippen MR) is 145 cm³/mol. The minimum Gasteiger partial charge on any atom is -0.594 e. The zero-order chi connectivity index (χ0) is 26.3. The van der Waals surface area contributed by atoms with Crippen LogP contribution in [0.5, 0.6) is 0 Å². The van der Waals surface area contributed by atoms with Crippen molar-refractivity contribution in [2.75, 3.05) is 0 Å². The molecule has 0 aliphatic heterocycles. The summed E-state index contributed by atoms with van der Waals surface area (Å²) in [7, 11) is 0. The number of azo groups is 1. The van der Waals surface area contributed by atoms with Gasteiger partial charge < -0.3 is 5.21 Å². The van der Waals surface area contributed by atoms with Crippen LogP contribution in [0, 0.1) is 27.9 Å². The predicted octanol–water partition coefficient (Wildman–Crippen LogP) is 8.05. The van der Waals surface area contributed by atoms with Gasteiger partial charge in [0.05, 0.1) is 12.1 Å². The molecule has 0 heterocycles. The van der Waals surface area contributed by atoms with E-state index in [0.29, 0.717) is 29.1 Å². The monoisotopic (exact) mass is 484 g/mol. The van der Waals surface area contributed by atoms with E-state index in [1.807, 2.05) is 98.8 Å². The molecule has 0 radical (unpaired) electrons. The molecule has 37 heavy (non-hydrogen) atoms. The molecular formula is C32H28N4O. The van der Waals surface area contributed by atoms with E-state index in [0.717, 1.165) is 22.3 Å². The average molecular weight is 485 g/mol. The van der Waals surface area contributed by atoms with Crippen molar-refractivity contribution in [3.05, 3.63) is 137 Å². The Kier molecular flexibility index (Phi) is 7.47. The van der Waals surface area contributed by atoms with Gasteiger partial charge in [0, 0.05) is 17.2 Å². The molecule has 0 amide bonds. The van der Waals surface area contributed by atoms with E-state index in [-0.39, 0.29) is 0 Å². The molecule has 4 rings (SSSR count). The van der Waals surface area contributed by atoms with Gasteiger partial charge in [-0.25, -0.2) is 0 Å². The van der Waals surface area contributed by atoms with Gasteiger partial charge in [-0.2, -0.15) is 10.5 Å². The van der Waals surface area contributed by atoms with Crippen molar-refractivity contribution in [1.82, 2.24) is 0 Å². The van der Waals surface area contributed by atoms with E-state index in [2.05, 4.69) is 17.3 Å². The minimum absolute atomic E-state index is 0.369. The molecule has 0 N–H and O–H groups in total. The van der Waals surface area contributed by atoms with Crippen molar-refractivity contribution in [1.29, 1.82) is 10.5 Å². The normalized spacial score (nSPS) is 14.5. The third kappa shape index (κ3) is 4.73. The molecule has 0 spiro atoms. The van der Waals surface area contributed by atoms with Gasteiger partial charge in [0.1, 0.15) is 16.5 Å². The first-order valence-electron chi connectivity index (χ1n) is 12.4. The van der Waals surface area contributed by atoms with E-state index in [9.17, 15) is 15.7 Å². The fourth-order valence-electron chi connectivity index (χ4n) is 4.86. The molecule has 0 saturated heterocycles. The number of rotatable bonds is 8. The summed E-state index contributed by atoms with van der Waals surface area (Å²) in [4.78, 5) is 0.579. The number of benzene rings is 4. The van der Waals surface area contributed by atoms with Crippen LogP contribution in [0.2, 0.25) is 0 Å². The molecule has 0 saturated carbocycles. The van der Waals surface area contributed by atoms with Gasteiger partial charge in [0.25, 0.3) is 0 Å². The summed E-state index contributed by atoms with van der Waals surface area (Å²) in [6.45, 7) is 3.98. The Morgan fingerprint density at radius 1 is 0.622 bits per heavy atom. The molecular weight excluding hydrogens is 456 g/mol. The zero-order valence-electron chi connectivity index (χ0n) is 21.0. The summed E-state index contributed by atoms with van der Waals surface area (Å²) >= 11 is 0. The van der Waals surface area contributed by atoms with Crippen molar-refractivity contribution in [2.24, 2.45) is 5.11 Å². The molecule has 0 bridgehead atoms. The van der Waals surface area contributed by atoms with Gasteiger partial charge in [-0.1, -0.05) is 104 Å². The number of nitrogens with zero attached hydrogens (tertiary/aromatic N) is 4. The van der Waals surface area contributed by atoms with Gasteiger partial charge in [-0.3, -0.25) is 0 Å². The number of hydrogen-bond donors (Lipinski definition) is 0. The van der Waals surface area contributed by atoms with Crippen LogP contribution < -0.4 is 0 Å². The van der Waals surface area contributed by atoms with Gasteiger partial charge in [-0.05, 0) is 47.2 Å². The average Bonchev–Trinajstić information content (AvgIpc) is 2.97. The van der Waals surface area contributed by atoms with E-state index in [4.69, 9.17) is 0 Å². The molecule has 0 fully saturated rings. The van der Waals surface area contributed by atoms with Gasteiger partial charge in [0.2, 0.25) is 5.69 Å². The highest BCUT2D eigenvalue weighted by Gasteiger charge is 2.33. The first-order chi connectivity index (χ1) is 18.0. The summed E-state index contributed by atoms with van der Waals surface area (Å²) in [5.41, 5.74) is 2.86. The molecule has 0 aliphatic carbocycles. The maximum Gasteiger partial charge on any atom is 0.244 e. The largest absolute Gasteiger partial charge is 0.594 e. The maximum atomic E-state index is 12.8. The molecule has 0 aliphatic rings. The molecule has 5 heteroatoms. The van der Waals surface area contributed by atoms with E-state index in [1.165, 1.54) is 0 Å². The Labute approximate surface area is 218 Å². The van der Waals surface area contributed by atoms with Crippen LogP contribution in [0.25, 0.3) is 0 Å². The van der Waals surface area contributed by atoms with E-state index < -0.39 is 10.8 Å². The van der Waals surface area contributed by atoms with Crippen LogP contribution in [0.3, 0.4) is 0 Å². The summed E-state index contributed by atoms with van der Waals surface area (Å²) in [5.74, 6) is 0. The van der Waals surface area contributed by atoms with Gasteiger partial charge in [-0.15, -0.1) is 0 Å². The zero-order valence-corrected chi connectivity index (χ0v) is 21.0. The lowest BCUT2D eigenvalue weighted by atomic mass is 9.74. The number of hydrogen-bond acceptors (Lipinski definition) is 4. The second-order valence-corrected chi connectivity index (χ2v) is 8.94. The Hall–Kier alpha value is -4.74. The summed E-state index contributed by atoms with van der Waals surface area (Å²) < 4.78 is 0. The van der Waals surface area contributed by atoms with E-state index in [1.54, 1.807) is 24.3 Å². The smallest absolute Gasteiger partial charge is 0.244 e. The lowest BCUT2D eigenvalue weighted by Gasteiger charge is -2.26. The van der Waals surface area contributed by atoms with Crippen LogP contribution in [0.4, 0.5) is 11.4 Å². The van der Waals surface area contributed by atoms with Crippen molar-refractivity contribution < 1.29 is 4.86 Å². The quantitative estimate of drug-likeness (QED) is 0.144. The Bertz CT molecular complexity index is 1450. The summed E-state index contributed by atoms with van der Waals surface area (Å²) in [6.07, 6.45) is 1.23. The highest BCUT2D eigenvalue weighted by molar-refractivity contribution is 5.50.